The number of nitrogen functional groups attached to an aromatic ring is 1. The highest BCUT2D eigenvalue weighted by Gasteiger charge is 2.20. The van der Waals surface area contributed by atoms with E-state index in [2.05, 4.69) is 16.7 Å². The molecule has 3 N–H and O–H groups in total. The second kappa shape index (κ2) is 6.26. The monoisotopic (exact) mass is 280 g/mol. The minimum Gasteiger partial charge on any atom is -0.384 e. The van der Waals surface area contributed by atoms with Gasteiger partial charge in [-0.05, 0) is 25.1 Å². The maximum Gasteiger partial charge on any atom is 0.126 e. The molecule has 0 aliphatic carbocycles. The van der Waals surface area contributed by atoms with Gasteiger partial charge in [-0.25, -0.2) is 0 Å². The summed E-state index contributed by atoms with van der Waals surface area (Å²) in [6.45, 7) is 7.39. The molecule has 104 valence electrons. The molecular weight excluding hydrogens is 260 g/mol. The first-order valence-electron chi connectivity index (χ1n) is 6.73. The summed E-state index contributed by atoms with van der Waals surface area (Å²) in [5, 5.41) is 8.25. The van der Waals surface area contributed by atoms with Crippen molar-refractivity contribution in [3.63, 3.8) is 0 Å². The summed E-state index contributed by atoms with van der Waals surface area (Å²) in [5.74, 6) is 0.0385. The Balaban J connectivity index is 2.15. The predicted octanol–water partition coefficient (Wildman–Crippen LogP) is 2.16. The van der Waals surface area contributed by atoms with Gasteiger partial charge in [0.2, 0.25) is 0 Å². The fourth-order valence-corrected chi connectivity index (χ4v) is 2.84. The molecule has 0 atom stereocenters. The van der Waals surface area contributed by atoms with Gasteiger partial charge in [0.15, 0.2) is 0 Å². The van der Waals surface area contributed by atoms with Crippen LogP contribution in [-0.4, -0.2) is 43.5 Å². The zero-order chi connectivity index (χ0) is 13.8. The SMILES string of the molecule is CCCN1CCN(c2cccc(Cl)c2C(=N)N)CC1. The Morgan fingerprint density at radius 1 is 1.32 bits per heavy atom. The van der Waals surface area contributed by atoms with Crippen molar-refractivity contribution in [3.05, 3.63) is 28.8 Å². The molecule has 1 aromatic carbocycles. The standard InChI is InChI=1S/C14H21ClN4/c1-2-6-18-7-9-19(10-8-18)12-5-3-4-11(15)13(12)14(16)17/h3-5H,2,6-10H2,1H3,(H3,16,17). The van der Waals surface area contributed by atoms with Crippen LogP contribution in [0, 0.1) is 5.41 Å². The Morgan fingerprint density at radius 2 is 2.00 bits per heavy atom. The van der Waals surface area contributed by atoms with Crippen LogP contribution in [0.25, 0.3) is 0 Å². The van der Waals surface area contributed by atoms with Gasteiger partial charge in [0.25, 0.3) is 0 Å². The van der Waals surface area contributed by atoms with Crippen LogP contribution in [0.5, 0.6) is 0 Å². The van der Waals surface area contributed by atoms with Crippen molar-refractivity contribution in [1.82, 2.24) is 4.90 Å². The number of anilines is 1. The highest BCUT2D eigenvalue weighted by atomic mass is 35.5. The molecule has 0 spiro atoms. The maximum absolute atomic E-state index is 7.70. The van der Waals surface area contributed by atoms with Crippen molar-refractivity contribution in [1.29, 1.82) is 5.41 Å². The van der Waals surface area contributed by atoms with Crippen LogP contribution in [0.2, 0.25) is 5.02 Å². The topological polar surface area (TPSA) is 56.4 Å². The van der Waals surface area contributed by atoms with E-state index >= 15 is 0 Å². The molecule has 0 bridgehead atoms. The number of amidine groups is 1. The zero-order valence-electron chi connectivity index (χ0n) is 11.3. The minimum absolute atomic E-state index is 0.0385. The van der Waals surface area contributed by atoms with Crippen molar-refractivity contribution < 1.29 is 0 Å². The van der Waals surface area contributed by atoms with E-state index in [4.69, 9.17) is 22.7 Å². The number of nitrogens with zero attached hydrogens (tertiary/aromatic N) is 2. The summed E-state index contributed by atoms with van der Waals surface area (Å²) in [6, 6.07) is 5.70. The summed E-state index contributed by atoms with van der Waals surface area (Å²) in [6.07, 6.45) is 1.19. The van der Waals surface area contributed by atoms with E-state index in [1.54, 1.807) is 6.07 Å². The summed E-state index contributed by atoms with van der Waals surface area (Å²) in [7, 11) is 0. The van der Waals surface area contributed by atoms with E-state index in [1.165, 1.54) is 6.42 Å². The van der Waals surface area contributed by atoms with Crippen LogP contribution in [0.1, 0.15) is 18.9 Å². The minimum atomic E-state index is 0.0385. The number of nitrogens with one attached hydrogen (secondary N) is 1. The highest BCUT2D eigenvalue weighted by molar-refractivity contribution is 6.34. The van der Waals surface area contributed by atoms with Gasteiger partial charge in [-0.3, -0.25) is 10.3 Å². The lowest BCUT2D eigenvalue weighted by Gasteiger charge is -2.36. The van der Waals surface area contributed by atoms with E-state index in [0.29, 0.717) is 10.6 Å². The Bertz CT molecular complexity index is 453. The van der Waals surface area contributed by atoms with Gasteiger partial charge in [0.05, 0.1) is 10.6 Å². The molecule has 1 aliphatic heterocycles. The molecule has 1 aromatic rings. The average Bonchev–Trinajstić information content (AvgIpc) is 2.39. The van der Waals surface area contributed by atoms with Crippen molar-refractivity contribution in [2.75, 3.05) is 37.6 Å². The van der Waals surface area contributed by atoms with Crippen LogP contribution < -0.4 is 10.6 Å². The number of benzene rings is 1. The van der Waals surface area contributed by atoms with Crippen LogP contribution >= 0.6 is 11.6 Å². The molecule has 0 aromatic heterocycles. The van der Waals surface area contributed by atoms with Crippen molar-refractivity contribution in [2.45, 2.75) is 13.3 Å². The molecule has 19 heavy (non-hydrogen) atoms. The van der Waals surface area contributed by atoms with E-state index in [-0.39, 0.29) is 5.84 Å². The third-order valence-corrected chi connectivity index (χ3v) is 3.83. The average molecular weight is 281 g/mol. The van der Waals surface area contributed by atoms with Crippen molar-refractivity contribution in [3.8, 4) is 0 Å². The van der Waals surface area contributed by atoms with Crippen molar-refractivity contribution >= 4 is 23.1 Å². The Morgan fingerprint density at radius 3 is 2.58 bits per heavy atom. The number of piperazine rings is 1. The summed E-state index contributed by atoms with van der Waals surface area (Å²) in [4.78, 5) is 4.74. The highest BCUT2D eigenvalue weighted by Crippen LogP contribution is 2.27. The zero-order valence-corrected chi connectivity index (χ0v) is 12.1. The summed E-state index contributed by atoms with van der Waals surface area (Å²) < 4.78 is 0. The molecule has 1 aliphatic rings. The molecular formula is C14H21ClN4. The first kappa shape index (κ1) is 14.2. The molecule has 1 saturated heterocycles. The van der Waals surface area contributed by atoms with Crippen LogP contribution in [0.3, 0.4) is 0 Å². The third-order valence-electron chi connectivity index (χ3n) is 3.51. The second-order valence-corrected chi connectivity index (χ2v) is 5.28. The number of hydrogen-bond acceptors (Lipinski definition) is 3. The largest absolute Gasteiger partial charge is 0.384 e. The molecule has 2 rings (SSSR count). The molecule has 0 unspecified atom stereocenters. The molecule has 0 radical (unpaired) electrons. The van der Waals surface area contributed by atoms with Crippen molar-refractivity contribution in [2.24, 2.45) is 5.73 Å². The normalized spacial score (nSPS) is 16.6. The third kappa shape index (κ3) is 3.19. The number of nitrogens with two attached hydrogens (primary N) is 1. The Kier molecular flexibility index (Phi) is 4.66. The van der Waals surface area contributed by atoms with Gasteiger partial charge < -0.3 is 10.6 Å². The summed E-state index contributed by atoms with van der Waals surface area (Å²) >= 11 is 6.16. The number of rotatable bonds is 4. The first-order chi connectivity index (χ1) is 9.13. The Labute approximate surface area is 119 Å². The second-order valence-electron chi connectivity index (χ2n) is 4.88. The lowest BCUT2D eigenvalue weighted by atomic mass is 10.1. The smallest absolute Gasteiger partial charge is 0.126 e. The van der Waals surface area contributed by atoms with Crippen LogP contribution in [-0.2, 0) is 0 Å². The first-order valence-corrected chi connectivity index (χ1v) is 7.11. The van der Waals surface area contributed by atoms with Gasteiger partial charge in [-0.1, -0.05) is 24.6 Å². The summed E-state index contributed by atoms with van der Waals surface area (Å²) in [5.41, 5.74) is 7.30. The molecule has 1 heterocycles. The molecule has 5 heteroatoms. The maximum atomic E-state index is 7.70. The van der Waals surface area contributed by atoms with Gasteiger partial charge in [-0.15, -0.1) is 0 Å². The van der Waals surface area contributed by atoms with Gasteiger partial charge >= 0.3 is 0 Å². The van der Waals surface area contributed by atoms with Gasteiger partial charge in [-0.2, -0.15) is 0 Å². The lowest BCUT2D eigenvalue weighted by molar-refractivity contribution is 0.258. The van der Waals surface area contributed by atoms with Crippen LogP contribution in [0.15, 0.2) is 18.2 Å². The number of halogens is 1. The molecule has 0 saturated carbocycles. The fourth-order valence-electron chi connectivity index (χ4n) is 2.57. The van der Waals surface area contributed by atoms with E-state index in [1.807, 2.05) is 12.1 Å². The van der Waals surface area contributed by atoms with Crippen LogP contribution in [0.4, 0.5) is 5.69 Å². The Hall–Kier alpha value is -1.26. The molecule has 4 nitrogen and oxygen atoms in total. The quantitative estimate of drug-likeness (QED) is 0.656. The number of hydrogen-bond donors (Lipinski definition) is 2. The fraction of sp³-hybridized carbons (Fsp3) is 0.500. The predicted molar refractivity (Wildman–Crippen MR) is 81.4 cm³/mol. The van der Waals surface area contributed by atoms with E-state index in [9.17, 15) is 0 Å². The van der Waals surface area contributed by atoms with Gasteiger partial charge in [0, 0.05) is 31.9 Å². The van der Waals surface area contributed by atoms with E-state index < -0.39 is 0 Å². The van der Waals surface area contributed by atoms with E-state index in [0.717, 1.165) is 38.4 Å². The molecule has 1 fully saturated rings. The lowest BCUT2D eigenvalue weighted by Crippen LogP contribution is -2.47. The molecule has 0 amide bonds. The van der Waals surface area contributed by atoms with Gasteiger partial charge in [0.1, 0.15) is 5.84 Å².